The highest BCUT2D eigenvalue weighted by Crippen LogP contribution is 2.43. The van der Waals surface area contributed by atoms with Crippen molar-refractivity contribution in [1.82, 2.24) is 14.5 Å². The quantitative estimate of drug-likeness (QED) is 0.549. The van der Waals surface area contributed by atoms with Crippen LogP contribution >= 0.6 is 0 Å². The molecule has 1 N–H and O–H groups in total. The average Bonchev–Trinajstić information content (AvgIpc) is 3.54. The zero-order valence-corrected chi connectivity index (χ0v) is 19.1. The Morgan fingerprint density at radius 2 is 1.91 bits per heavy atom. The van der Waals surface area contributed by atoms with Crippen LogP contribution in [0.1, 0.15) is 42.8 Å². The lowest BCUT2D eigenvalue weighted by Gasteiger charge is -2.21. The van der Waals surface area contributed by atoms with Crippen molar-refractivity contribution >= 4 is 26.6 Å². The number of fused-ring (bicyclic) bond motifs is 1. The van der Waals surface area contributed by atoms with Gasteiger partial charge in [0.1, 0.15) is 18.3 Å². The largest absolute Gasteiger partial charge is 0.363 e. The summed E-state index contributed by atoms with van der Waals surface area (Å²) in [7, 11) is -4.76. The molecule has 1 aromatic carbocycles. The zero-order chi connectivity index (χ0) is 24.1. The van der Waals surface area contributed by atoms with Crippen molar-refractivity contribution in [2.45, 2.75) is 55.8 Å². The van der Waals surface area contributed by atoms with Gasteiger partial charge in [0.15, 0.2) is 0 Å². The fraction of sp³-hybridized carbons (Fsp3) is 0.409. The molecule has 0 saturated heterocycles. The van der Waals surface area contributed by atoms with Crippen LogP contribution in [-0.4, -0.2) is 35.4 Å². The summed E-state index contributed by atoms with van der Waals surface area (Å²) in [6.07, 6.45) is 2.67. The molecule has 4 rings (SSSR count). The van der Waals surface area contributed by atoms with E-state index < -0.39 is 38.7 Å². The van der Waals surface area contributed by atoms with Gasteiger partial charge in [0.2, 0.25) is 9.84 Å². The van der Waals surface area contributed by atoms with Crippen LogP contribution < -0.4 is 10.9 Å². The number of alkyl halides is 3. The van der Waals surface area contributed by atoms with E-state index in [0.29, 0.717) is 41.0 Å². The molecule has 0 radical (unpaired) electrons. The number of nitrogens with one attached hydrogen (secondary N) is 1. The Labute approximate surface area is 188 Å². The molecule has 0 amide bonds. The highest BCUT2D eigenvalue weighted by Gasteiger charge is 2.45. The lowest BCUT2D eigenvalue weighted by Crippen LogP contribution is -2.31. The molecular formula is C22H23F3N4O3S. The first-order valence-corrected chi connectivity index (χ1v) is 11.9. The van der Waals surface area contributed by atoms with Gasteiger partial charge in [-0.1, -0.05) is 12.1 Å². The molecular weight excluding hydrogens is 457 g/mol. The molecule has 11 heteroatoms. The molecule has 2 aromatic heterocycles. The number of sulfone groups is 1. The van der Waals surface area contributed by atoms with Crippen LogP contribution in [0.2, 0.25) is 0 Å². The SMILES string of the molecule is Cc1nc(N[C@H](C)c2cccc(S(=O)(=O)C(F)F)c2C)c2cn(C3(CF)CC3)c(=O)cc2n1. The predicted octanol–water partition coefficient (Wildman–Crippen LogP) is 4.04. The van der Waals surface area contributed by atoms with Crippen LogP contribution in [0, 0.1) is 13.8 Å². The van der Waals surface area contributed by atoms with Crippen LogP contribution in [0.4, 0.5) is 19.0 Å². The van der Waals surface area contributed by atoms with E-state index in [0.717, 1.165) is 6.07 Å². The smallest absolute Gasteiger partial charge is 0.341 e. The maximum Gasteiger partial charge on any atom is 0.341 e. The highest BCUT2D eigenvalue weighted by molar-refractivity contribution is 7.91. The van der Waals surface area contributed by atoms with E-state index in [4.69, 9.17) is 0 Å². The van der Waals surface area contributed by atoms with Crippen LogP contribution in [0.3, 0.4) is 0 Å². The van der Waals surface area contributed by atoms with Gasteiger partial charge >= 0.3 is 5.76 Å². The van der Waals surface area contributed by atoms with E-state index in [-0.39, 0.29) is 11.1 Å². The third-order valence-electron chi connectivity index (χ3n) is 6.12. The number of hydrogen-bond acceptors (Lipinski definition) is 6. The van der Waals surface area contributed by atoms with Crippen molar-refractivity contribution in [3.8, 4) is 0 Å². The van der Waals surface area contributed by atoms with Gasteiger partial charge in [-0.15, -0.1) is 0 Å². The number of aryl methyl sites for hydroxylation is 1. The zero-order valence-electron chi connectivity index (χ0n) is 18.3. The Bertz CT molecular complexity index is 1400. The minimum Gasteiger partial charge on any atom is -0.363 e. The molecule has 1 aliphatic carbocycles. The molecule has 0 aliphatic heterocycles. The van der Waals surface area contributed by atoms with E-state index in [1.807, 2.05) is 0 Å². The summed E-state index contributed by atoms with van der Waals surface area (Å²) < 4.78 is 65.3. The van der Waals surface area contributed by atoms with Gasteiger partial charge in [-0.2, -0.15) is 8.78 Å². The lowest BCUT2D eigenvalue weighted by atomic mass is 10.0. The number of pyridine rings is 1. The first kappa shape index (κ1) is 23.2. The molecule has 0 spiro atoms. The molecule has 3 aromatic rings. The van der Waals surface area contributed by atoms with E-state index in [9.17, 15) is 26.4 Å². The van der Waals surface area contributed by atoms with Gasteiger partial charge in [-0.25, -0.2) is 22.8 Å². The molecule has 7 nitrogen and oxygen atoms in total. The van der Waals surface area contributed by atoms with E-state index >= 15 is 0 Å². The van der Waals surface area contributed by atoms with Crippen molar-refractivity contribution in [1.29, 1.82) is 0 Å². The van der Waals surface area contributed by atoms with Crippen molar-refractivity contribution in [2.75, 3.05) is 12.0 Å². The summed E-state index contributed by atoms with van der Waals surface area (Å²) in [6, 6.07) is 5.03. The van der Waals surface area contributed by atoms with Gasteiger partial charge in [-0.05, 0) is 50.8 Å². The van der Waals surface area contributed by atoms with Crippen molar-refractivity contribution in [2.24, 2.45) is 0 Å². The van der Waals surface area contributed by atoms with Crippen LogP contribution in [0.15, 0.2) is 40.2 Å². The first-order chi connectivity index (χ1) is 15.5. The molecule has 0 bridgehead atoms. The maximum absolute atomic E-state index is 13.6. The Morgan fingerprint density at radius 1 is 1.21 bits per heavy atom. The fourth-order valence-electron chi connectivity index (χ4n) is 4.07. The number of nitrogens with zero attached hydrogens (tertiary/aromatic N) is 3. The van der Waals surface area contributed by atoms with Gasteiger partial charge < -0.3 is 9.88 Å². The molecule has 33 heavy (non-hydrogen) atoms. The second-order valence-electron chi connectivity index (χ2n) is 8.40. The first-order valence-electron chi connectivity index (χ1n) is 10.4. The van der Waals surface area contributed by atoms with Gasteiger partial charge in [0.25, 0.3) is 5.56 Å². The number of aromatic nitrogens is 3. The molecule has 1 atom stereocenters. The second-order valence-corrected chi connectivity index (χ2v) is 10.3. The number of anilines is 1. The van der Waals surface area contributed by atoms with E-state index in [2.05, 4.69) is 15.3 Å². The summed E-state index contributed by atoms with van der Waals surface area (Å²) in [5.74, 6) is -2.76. The number of rotatable bonds is 7. The van der Waals surface area contributed by atoms with E-state index in [1.165, 1.54) is 23.6 Å². The third-order valence-corrected chi connectivity index (χ3v) is 7.64. The van der Waals surface area contributed by atoms with Crippen molar-refractivity contribution < 1.29 is 21.6 Å². The summed E-state index contributed by atoms with van der Waals surface area (Å²) in [5, 5.41) is 3.69. The lowest BCUT2D eigenvalue weighted by molar-refractivity contribution is 0.234. The standard InChI is InChI=1S/C22H23F3N4O3S/c1-12-15(5-4-6-18(12)33(31,32)21(24)25)13(2)26-20-16-10-29(22(11-23)7-8-22)19(30)9-17(16)27-14(3)28-20/h4-6,9-10,13,21H,7-8,11H2,1-3H3,(H,26,27,28)/t13-/m1/s1. The number of hydrogen-bond donors (Lipinski definition) is 1. The third kappa shape index (κ3) is 3.98. The Morgan fingerprint density at radius 3 is 2.52 bits per heavy atom. The minimum absolute atomic E-state index is 0.208. The number of halogens is 3. The molecule has 1 fully saturated rings. The molecule has 1 saturated carbocycles. The minimum atomic E-state index is -4.76. The molecule has 2 heterocycles. The van der Waals surface area contributed by atoms with Gasteiger partial charge in [-0.3, -0.25) is 4.79 Å². The normalized spacial score (nSPS) is 16.2. The summed E-state index contributed by atoms with van der Waals surface area (Å²) in [4.78, 5) is 20.9. The van der Waals surface area contributed by atoms with Gasteiger partial charge in [0, 0.05) is 12.3 Å². The number of benzene rings is 1. The fourth-order valence-corrected chi connectivity index (χ4v) is 5.08. The summed E-state index contributed by atoms with van der Waals surface area (Å²) in [6.45, 7) is 4.22. The highest BCUT2D eigenvalue weighted by atomic mass is 32.2. The Balaban J connectivity index is 1.78. The van der Waals surface area contributed by atoms with Crippen LogP contribution in [0.25, 0.3) is 10.9 Å². The van der Waals surface area contributed by atoms with Gasteiger partial charge in [0.05, 0.1) is 27.4 Å². The monoisotopic (exact) mass is 480 g/mol. The topological polar surface area (TPSA) is 94.0 Å². The predicted molar refractivity (Wildman–Crippen MR) is 118 cm³/mol. The average molecular weight is 481 g/mol. The van der Waals surface area contributed by atoms with Crippen molar-refractivity contribution in [3.63, 3.8) is 0 Å². The summed E-state index contributed by atoms with van der Waals surface area (Å²) >= 11 is 0. The molecule has 0 unspecified atom stereocenters. The second kappa shape index (κ2) is 8.12. The Kier molecular flexibility index (Phi) is 5.71. The summed E-state index contributed by atoms with van der Waals surface area (Å²) in [5.41, 5.74) is -0.0986. The molecule has 1 aliphatic rings. The van der Waals surface area contributed by atoms with E-state index in [1.54, 1.807) is 26.1 Å². The Hall–Kier alpha value is -2.95. The van der Waals surface area contributed by atoms with Crippen LogP contribution in [0.5, 0.6) is 0 Å². The van der Waals surface area contributed by atoms with Crippen LogP contribution in [-0.2, 0) is 15.4 Å². The van der Waals surface area contributed by atoms with Crippen molar-refractivity contribution in [3.05, 3.63) is 57.8 Å². The molecule has 176 valence electrons. The maximum atomic E-state index is 13.6.